The third kappa shape index (κ3) is 7.61. The molecule has 1 atom stereocenters. The summed E-state index contributed by atoms with van der Waals surface area (Å²) in [6, 6.07) is 7.23. The van der Waals surface area contributed by atoms with Gasteiger partial charge in [-0.25, -0.2) is 4.79 Å². The summed E-state index contributed by atoms with van der Waals surface area (Å²) in [7, 11) is 3.78. The summed E-state index contributed by atoms with van der Waals surface area (Å²) in [6.07, 6.45) is 4.96. The number of aromatic amines is 1. The number of rotatable bonds is 8. The molecule has 2 heterocycles. The van der Waals surface area contributed by atoms with E-state index in [-0.39, 0.29) is 17.8 Å². The van der Waals surface area contributed by atoms with Crippen LogP contribution in [0.1, 0.15) is 51.8 Å². The molecule has 1 aromatic carbocycles. The van der Waals surface area contributed by atoms with Gasteiger partial charge >= 0.3 is 6.09 Å². The molecule has 2 N–H and O–H groups in total. The summed E-state index contributed by atoms with van der Waals surface area (Å²) in [6.45, 7) is 8.27. The van der Waals surface area contributed by atoms with Crippen molar-refractivity contribution in [2.45, 2.75) is 58.4 Å². The first-order valence-electron chi connectivity index (χ1n) is 11.5. The fourth-order valence-electron chi connectivity index (χ4n) is 3.74. The van der Waals surface area contributed by atoms with E-state index >= 15 is 0 Å². The summed E-state index contributed by atoms with van der Waals surface area (Å²) >= 11 is 0. The highest BCUT2D eigenvalue weighted by atomic mass is 16.6. The Hall–Kier alpha value is -2.82. The van der Waals surface area contributed by atoms with E-state index in [0.717, 1.165) is 42.7 Å². The van der Waals surface area contributed by atoms with Gasteiger partial charge in [0.25, 0.3) is 6.23 Å². The largest absolute Gasteiger partial charge is 0.870 e. The number of hydrogen-bond acceptors (Lipinski definition) is 7. The van der Waals surface area contributed by atoms with Crippen molar-refractivity contribution in [1.82, 2.24) is 14.9 Å². The Kier molecular flexibility index (Phi) is 9.72. The number of carbonyl (C=O) groups excluding carboxylic acids is 1. The number of carbonyl (C=O) groups is 1. The molecule has 1 aliphatic heterocycles. The maximum Gasteiger partial charge on any atom is 0.410 e. The van der Waals surface area contributed by atoms with E-state index in [0.29, 0.717) is 25.3 Å². The van der Waals surface area contributed by atoms with E-state index in [2.05, 4.69) is 21.4 Å². The van der Waals surface area contributed by atoms with Gasteiger partial charge in [-0.15, -0.1) is 4.91 Å². The van der Waals surface area contributed by atoms with E-state index in [1.54, 1.807) is 24.1 Å². The van der Waals surface area contributed by atoms with E-state index in [9.17, 15) is 9.70 Å². The number of nitroso groups, excluding NO2 is 1. The number of nitrogens with one attached hydrogen (secondary N) is 1. The summed E-state index contributed by atoms with van der Waals surface area (Å²) < 4.78 is 13.4. The van der Waals surface area contributed by atoms with Gasteiger partial charge in [0.2, 0.25) is 6.20 Å². The first-order valence-corrected chi connectivity index (χ1v) is 11.5. The molecule has 0 bridgehead atoms. The molecule has 1 saturated heterocycles. The standard InChI is InChI=1S/C24H35N5O4.H2O/c1-24(2,3)33-23(30)28(5)14-13-27(4)16-19-17-29(21-8-6-7-15-32-21)25-22(19)18-9-11-20(26-31)12-10-18;/h9-12,17,21H,6-8,13-16H2,1-5H3;1H2. The van der Waals surface area contributed by atoms with Gasteiger partial charge in [0.1, 0.15) is 17.0 Å². The first kappa shape index (κ1) is 27.4. The SMILES string of the molecule is CN(CCN(C)C(=O)OC(C)(C)C)Cc1c[n+](C2CCCCO2)[nH]c1-c1ccc(N=O)cc1.[OH-]. The van der Waals surface area contributed by atoms with Crippen LogP contribution in [0.5, 0.6) is 0 Å². The van der Waals surface area contributed by atoms with E-state index in [1.807, 2.05) is 44.6 Å². The normalized spacial score (nSPS) is 16.1. The Morgan fingerprint density at radius 3 is 2.50 bits per heavy atom. The van der Waals surface area contributed by atoms with Gasteiger partial charge in [-0.3, -0.25) is 0 Å². The molecular formula is C24H37N5O5. The summed E-state index contributed by atoms with van der Waals surface area (Å²) in [5.41, 5.74) is 2.96. The van der Waals surface area contributed by atoms with Crippen molar-refractivity contribution in [3.63, 3.8) is 0 Å². The molecule has 0 saturated carbocycles. The van der Waals surface area contributed by atoms with Gasteiger partial charge < -0.3 is 24.7 Å². The fourth-order valence-corrected chi connectivity index (χ4v) is 3.74. The van der Waals surface area contributed by atoms with Gasteiger partial charge in [-0.05, 0) is 58.0 Å². The molecule has 0 spiro atoms. The lowest BCUT2D eigenvalue weighted by Crippen LogP contribution is -2.43. The van der Waals surface area contributed by atoms with Crippen LogP contribution in [0, 0.1) is 4.91 Å². The van der Waals surface area contributed by atoms with Crippen LogP contribution in [0.25, 0.3) is 11.3 Å². The Bertz CT molecular complexity index is 932. The lowest BCUT2D eigenvalue weighted by atomic mass is 10.1. The average molecular weight is 476 g/mol. The Morgan fingerprint density at radius 1 is 1.21 bits per heavy atom. The van der Waals surface area contributed by atoms with Crippen molar-refractivity contribution in [2.24, 2.45) is 5.18 Å². The zero-order valence-corrected chi connectivity index (χ0v) is 20.8. The lowest BCUT2D eigenvalue weighted by Gasteiger charge is -2.26. The van der Waals surface area contributed by atoms with Crippen molar-refractivity contribution in [3.8, 4) is 11.3 Å². The third-order valence-electron chi connectivity index (χ3n) is 5.55. The van der Waals surface area contributed by atoms with Crippen LogP contribution in [0.2, 0.25) is 0 Å². The molecule has 1 aromatic heterocycles. The number of H-pyrrole nitrogens is 1. The van der Waals surface area contributed by atoms with Gasteiger partial charge in [-0.1, -0.05) is 16.8 Å². The smallest absolute Gasteiger partial charge is 0.410 e. The van der Waals surface area contributed by atoms with Crippen LogP contribution in [0.15, 0.2) is 35.6 Å². The van der Waals surface area contributed by atoms with Gasteiger partial charge in [0, 0.05) is 38.7 Å². The van der Waals surface area contributed by atoms with Crippen molar-refractivity contribution < 1.29 is 24.4 Å². The highest BCUT2D eigenvalue weighted by Gasteiger charge is 2.28. The van der Waals surface area contributed by atoms with Crippen LogP contribution >= 0.6 is 0 Å². The van der Waals surface area contributed by atoms with Gasteiger partial charge in [-0.2, -0.15) is 5.10 Å². The van der Waals surface area contributed by atoms with Crippen LogP contribution in [0.3, 0.4) is 0 Å². The highest BCUT2D eigenvalue weighted by Crippen LogP contribution is 2.26. The van der Waals surface area contributed by atoms with Gasteiger partial charge in [0.05, 0.1) is 12.2 Å². The molecule has 10 heteroatoms. The molecule has 0 radical (unpaired) electrons. The molecule has 1 unspecified atom stereocenters. The Labute approximate surface area is 201 Å². The molecule has 3 rings (SSSR count). The van der Waals surface area contributed by atoms with E-state index in [4.69, 9.17) is 9.47 Å². The second-order valence-corrected chi connectivity index (χ2v) is 9.65. The fraction of sp³-hybridized carbons (Fsp3) is 0.583. The van der Waals surface area contributed by atoms with Gasteiger partial charge in [0.15, 0.2) is 0 Å². The van der Waals surface area contributed by atoms with Crippen molar-refractivity contribution >= 4 is 11.8 Å². The molecule has 188 valence electrons. The zero-order chi connectivity index (χ0) is 24.0. The number of benzene rings is 1. The van der Waals surface area contributed by atoms with Crippen molar-refractivity contribution in [2.75, 3.05) is 33.8 Å². The number of hydrogen-bond donors (Lipinski definition) is 1. The molecule has 0 aliphatic carbocycles. The van der Waals surface area contributed by atoms with Crippen molar-refractivity contribution in [3.05, 3.63) is 40.9 Å². The minimum Gasteiger partial charge on any atom is -0.870 e. The summed E-state index contributed by atoms with van der Waals surface area (Å²) in [5.74, 6) is 0. The average Bonchev–Trinajstić information content (AvgIpc) is 3.20. The molecule has 1 aliphatic rings. The molecular weight excluding hydrogens is 438 g/mol. The van der Waals surface area contributed by atoms with Crippen LogP contribution in [0.4, 0.5) is 10.5 Å². The monoisotopic (exact) mass is 475 g/mol. The second-order valence-electron chi connectivity index (χ2n) is 9.65. The molecule has 34 heavy (non-hydrogen) atoms. The number of nitrogens with zero attached hydrogens (tertiary/aromatic N) is 4. The highest BCUT2D eigenvalue weighted by molar-refractivity contribution is 5.67. The summed E-state index contributed by atoms with van der Waals surface area (Å²) in [4.78, 5) is 26.8. The van der Waals surface area contributed by atoms with E-state index < -0.39 is 5.60 Å². The number of aromatic nitrogens is 2. The molecule has 1 fully saturated rings. The minimum atomic E-state index is -0.513. The maximum absolute atomic E-state index is 12.2. The van der Waals surface area contributed by atoms with Crippen molar-refractivity contribution in [1.29, 1.82) is 0 Å². The lowest BCUT2D eigenvalue weighted by molar-refractivity contribution is -0.810. The topological polar surface area (TPSA) is 121 Å². The molecule has 1 amide bonds. The summed E-state index contributed by atoms with van der Waals surface area (Å²) in [5, 5.41) is 6.49. The Balaban J connectivity index is 0.00000408. The van der Waals surface area contributed by atoms with Crippen LogP contribution < -0.4 is 4.68 Å². The minimum absolute atomic E-state index is 0. The number of ether oxygens (including phenoxy) is 2. The quantitative estimate of drug-likeness (QED) is 0.451. The third-order valence-corrected chi connectivity index (χ3v) is 5.55. The van der Waals surface area contributed by atoms with Crippen LogP contribution in [-0.4, -0.2) is 65.9 Å². The molecule has 2 aromatic rings. The number of amides is 1. The number of likely N-dealkylation sites (N-methyl/N-ethyl adjacent to an activating group) is 2. The first-order chi connectivity index (χ1) is 15.7. The van der Waals surface area contributed by atoms with Crippen LogP contribution in [-0.2, 0) is 16.0 Å². The maximum atomic E-state index is 12.2. The molecule has 10 nitrogen and oxygen atoms in total. The second kappa shape index (κ2) is 12.0. The predicted molar refractivity (Wildman–Crippen MR) is 128 cm³/mol. The van der Waals surface area contributed by atoms with E-state index in [1.165, 1.54) is 0 Å². The Morgan fingerprint density at radius 2 is 1.91 bits per heavy atom. The predicted octanol–water partition coefficient (Wildman–Crippen LogP) is 4.19. The zero-order valence-electron chi connectivity index (χ0n) is 20.8.